The largest absolute Gasteiger partial charge is 0.486 e. The molecule has 0 unspecified atom stereocenters. The van der Waals surface area contributed by atoms with Crippen LogP contribution >= 0.6 is 11.3 Å². The van der Waals surface area contributed by atoms with E-state index in [0.29, 0.717) is 37.8 Å². The number of hydrogen-bond acceptors (Lipinski definition) is 6. The number of alkyl halides is 3. The summed E-state index contributed by atoms with van der Waals surface area (Å²) >= 11 is 1.51. The summed E-state index contributed by atoms with van der Waals surface area (Å²) in [5.74, 6) is 0.839. The Morgan fingerprint density at radius 1 is 1.00 bits per heavy atom. The molecule has 10 heteroatoms. The Balaban J connectivity index is 1.25. The number of ether oxygens (including phenoxy) is 1. The quantitative estimate of drug-likeness (QED) is 0.512. The Labute approximate surface area is 180 Å². The molecule has 1 aliphatic rings. The molecule has 3 heterocycles. The van der Waals surface area contributed by atoms with Crippen molar-refractivity contribution in [1.82, 2.24) is 14.9 Å². The molecule has 0 amide bonds. The lowest BCUT2D eigenvalue weighted by atomic mass is 10.2. The summed E-state index contributed by atoms with van der Waals surface area (Å²) in [5.41, 5.74) is 0.210. The lowest BCUT2D eigenvalue weighted by Gasteiger charge is -2.35. The number of aromatic nitrogens is 2. The Morgan fingerprint density at radius 3 is 2.39 bits per heavy atom. The van der Waals surface area contributed by atoms with Crippen LogP contribution in [0.15, 0.2) is 48.0 Å². The van der Waals surface area contributed by atoms with Crippen LogP contribution < -0.4 is 9.64 Å². The number of rotatable bonds is 6. The summed E-state index contributed by atoms with van der Waals surface area (Å²) in [4.78, 5) is 12.8. The highest BCUT2D eigenvalue weighted by molar-refractivity contribution is 7.09. The second kappa shape index (κ2) is 9.19. The number of nitrogens with zero attached hydrogens (tertiary/aromatic N) is 4. The van der Waals surface area contributed by atoms with Gasteiger partial charge in [0, 0.05) is 44.3 Å². The van der Waals surface area contributed by atoms with E-state index < -0.39 is 11.7 Å². The number of hydrogen-bond donors (Lipinski definition) is 0. The minimum Gasteiger partial charge on any atom is -0.486 e. The van der Waals surface area contributed by atoms with Crippen LogP contribution in [0, 0.1) is 5.82 Å². The van der Waals surface area contributed by atoms with Gasteiger partial charge in [-0.15, -0.1) is 11.3 Å². The van der Waals surface area contributed by atoms with Gasteiger partial charge in [0.1, 0.15) is 29.0 Å². The maximum Gasteiger partial charge on any atom is 0.417 e. The van der Waals surface area contributed by atoms with Gasteiger partial charge in [0.15, 0.2) is 0 Å². The van der Waals surface area contributed by atoms with Crippen molar-refractivity contribution in [2.45, 2.75) is 19.3 Å². The first-order valence-corrected chi connectivity index (χ1v) is 10.6. The molecule has 0 saturated carbocycles. The number of thiazole rings is 1. The van der Waals surface area contributed by atoms with E-state index in [4.69, 9.17) is 4.74 Å². The van der Waals surface area contributed by atoms with Crippen molar-refractivity contribution in [3.63, 3.8) is 0 Å². The average Bonchev–Trinajstić information content (AvgIpc) is 3.21. The first-order chi connectivity index (χ1) is 14.9. The third-order valence-electron chi connectivity index (χ3n) is 4.93. The normalized spacial score (nSPS) is 15.3. The Hall–Kier alpha value is -2.72. The summed E-state index contributed by atoms with van der Waals surface area (Å²) in [5, 5.41) is 2.83. The van der Waals surface area contributed by atoms with Gasteiger partial charge < -0.3 is 9.64 Å². The van der Waals surface area contributed by atoms with Gasteiger partial charge in [0.2, 0.25) is 0 Å². The molecular formula is C21H20F4N4OS. The van der Waals surface area contributed by atoms with Gasteiger partial charge in [0.05, 0.1) is 11.3 Å². The maximum atomic E-state index is 12.9. The van der Waals surface area contributed by atoms with Gasteiger partial charge in [0.25, 0.3) is 0 Å². The van der Waals surface area contributed by atoms with E-state index in [9.17, 15) is 17.6 Å². The average molecular weight is 452 g/mol. The summed E-state index contributed by atoms with van der Waals surface area (Å²) in [6.45, 7) is 3.92. The van der Waals surface area contributed by atoms with Crippen molar-refractivity contribution < 1.29 is 22.3 Å². The fraction of sp³-hybridized carbons (Fsp3) is 0.333. The Kier molecular flexibility index (Phi) is 6.38. The summed E-state index contributed by atoms with van der Waals surface area (Å²) in [6, 6.07) is 8.35. The van der Waals surface area contributed by atoms with E-state index in [1.165, 1.54) is 29.5 Å². The fourth-order valence-electron chi connectivity index (χ4n) is 3.27. The first kappa shape index (κ1) is 21.5. The molecule has 0 N–H and O–H groups in total. The zero-order valence-corrected chi connectivity index (χ0v) is 17.3. The van der Waals surface area contributed by atoms with Crippen LogP contribution in [0.5, 0.6) is 5.75 Å². The van der Waals surface area contributed by atoms with E-state index in [2.05, 4.69) is 14.9 Å². The van der Waals surface area contributed by atoms with Crippen LogP contribution in [0.2, 0.25) is 0 Å². The minimum absolute atomic E-state index is 0.307. The summed E-state index contributed by atoms with van der Waals surface area (Å²) in [7, 11) is 0. The number of halogens is 4. The van der Waals surface area contributed by atoms with Crippen molar-refractivity contribution in [2.24, 2.45) is 0 Å². The molecule has 1 fully saturated rings. The second-order valence-electron chi connectivity index (χ2n) is 7.14. The molecule has 1 saturated heterocycles. The van der Waals surface area contributed by atoms with Crippen molar-refractivity contribution in [1.29, 1.82) is 0 Å². The van der Waals surface area contributed by atoms with Crippen LogP contribution in [-0.4, -0.2) is 41.0 Å². The third kappa shape index (κ3) is 5.71. The van der Waals surface area contributed by atoms with E-state index in [1.807, 2.05) is 10.3 Å². The number of anilines is 1. The summed E-state index contributed by atoms with van der Waals surface area (Å²) in [6.07, 6.45) is -3.49. The predicted molar refractivity (Wildman–Crippen MR) is 110 cm³/mol. The van der Waals surface area contributed by atoms with Crippen molar-refractivity contribution in [3.05, 3.63) is 70.1 Å². The van der Waals surface area contributed by atoms with Crippen LogP contribution in [0.1, 0.15) is 16.3 Å². The van der Waals surface area contributed by atoms with Gasteiger partial charge >= 0.3 is 6.18 Å². The fourth-order valence-corrected chi connectivity index (χ4v) is 3.96. The maximum absolute atomic E-state index is 12.9. The van der Waals surface area contributed by atoms with Gasteiger partial charge in [-0.3, -0.25) is 4.90 Å². The number of pyridine rings is 1. The Morgan fingerprint density at radius 2 is 1.74 bits per heavy atom. The van der Waals surface area contributed by atoms with Crippen LogP contribution in [0.3, 0.4) is 0 Å². The Bertz CT molecular complexity index is 984. The van der Waals surface area contributed by atoms with Gasteiger partial charge in [-0.1, -0.05) is 0 Å². The zero-order chi connectivity index (χ0) is 21.8. The topological polar surface area (TPSA) is 41.5 Å². The number of benzene rings is 1. The highest BCUT2D eigenvalue weighted by Crippen LogP contribution is 2.29. The van der Waals surface area contributed by atoms with Gasteiger partial charge in [-0.2, -0.15) is 13.2 Å². The predicted octanol–water partition coefficient (Wildman–Crippen LogP) is 4.60. The standard InChI is InChI=1S/C21H20F4N4OS/c22-16-2-4-18(5-3-16)30-13-20-27-17(14-31-20)12-28-7-9-29(10-8-28)19-6-1-15(11-26-19)21(23,24)25/h1-6,11,14H,7-10,12-13H2. The molecule has 0 bridgehead atoms. The van der Waals surface area contributed by atoms with Crippen molar-refractivity contribution in [2.75, 3.05) is 31.1 Å². The van der Waals surface area contributed by atoms with Crippen molar-refractivity contribution >= 4 is 17.2 Å². The molecule has 0 aliphatic carbocycles. The van der Waals surface area contributed by atoms with E-state index in [1.54, 1.807) is 12.1 Å². The molecule has 1 aliphatic heterocycles. The van der Waals surface area contributed by atoms with Crippen molar-refractivity contribution in [3.8, 4) is 5.75 Å². The van der Waals surface area contributed by atoms with Crippen LogP contribution in [0.25, 0.3) is 0 Å². The molecule has 0 spiro atoms. The molecule has 0 atom stereocenters. The molecule has 1 aromatic carbocycles. The first-order valence-electron chi connectivity index (χ1n) is 9.69. The molecular weight excluding hydrogens is 432 g/mol. The van der Waals surface area contributed by atoms with E-state index in [-0.39, 0.29) is 5.82 Å². The van der Waals surface area contributed by atoms with Crippen LogP contribution in [-0.2, 0) is 19.3 Å². The smallest absolute Gasteiger partial charge is 0.417 e. The summed E-state index contributed by atoms with van der Waals surface area (Å²) < 4.78 is 56.6. The van der Waals surface area contributed by atoms with Crippen LogP contribution in [0.4, 0.5) is 23.4 Å². The highest BCUT2D eigenvalue weighted by atomic mass is 32.1. The SMILES string of the molecule is Fc1ccc(OCc2nc(CN3CCN(c4ccc(C(F)(F)F)cn4)CC3)cs2)cc1. The second-order valence-corrected chi connectivity index (χ2v) is 8.08. The van der Waals surface area contributed by atoms with E-state index >= 15 is 0 Å². The van der Waals surface area contributed by atoms with Gasteiger partial charge in [-0.25, -0.2) is 14.4 Å². The number of piperazine rings is 1. The minimum atomic E-state index is -4.37. The molecule has 0 radical (unpaired) electrons. The lowest BCUT2D eigenvalue weighted by Crippen LogP contribution is -2.46. The van der Waals surface area contributed by atoms with Gasteiger partial charge in [-0.05, 0) is 36.4 Å². The van der Waals surface area contributed by atoms with E-state index in [0.717, 1.165) is 36.1 Å². The molecule has 2 aromatic heterocycles. The highest BCUT2D eigenvalue weighted by Gasteiger charge is 2.31. The molecule has 4 rings (SSSR count). The molecule has 3 aromatic rings. The molecule has 5 nitrogen and oxygen atoms in total. The lowest BCUT2D eigenvalue weighted by molar-refractivity contribution is -0.137. The molecule has 164 valence electrons. The zero-order valence-electron chi connectivity index (χ0n) is 16.5. The third-order valence-corrected chi connectivity index (χ3v) is 5.80. The monoisotopic (exact) mass is 452 g/mol. The molecule has 31 heavy (non-hydrogen) atoms.